The van der Waals surface area contributed by atoms with Crippen LogP contribution >= 0.6 is 0 Å². The highest BCUT2D eigenvalue weighted by molar-refractivity contribution is 5.88. The maximum Gasteiger partial charge on any atom is 0.163 e. The summed E-state index contributed by atoms with van der Waals surface area (Å²) >= 11 is 0. The van der Waals surface area contributed by atoms with E-state index in [-0.39, 0.29) is 6.61 Å². The van der Waals surface area contributed by atoms with Gasteiger partial charge in [0.1, 0.15) is 6.61 Å². The number of nitrogens with zero attached hydrogens (tertiary/aromatic N) is 3. The maximum absolute atomic E-state index is 9.32. The second-order valence-corrected chi connectivity index (χ2v) is 4.27. The van der Waals surface area contributed by atoms with Crippen LogP contribution in [0.4, 0.5) is 0 Å². The van der Waals surface area contributed by atoms with Gasteiger partial charge in [0.2, 0.25) is 0 Å². The maximum atomic E-state index is 9.32. The van der Waals surface area contributed by atoms with E-state index in [1.165, 1.54) is 10.9 Å². The van der Waals surface area contributed by atoms with Crippen molar-refractivity contribution >= 4 is 16.6 Å². The Balaban J connectivity index is 2.63. The van der Waals surface area contributed by atoms with Crippen LogP contribution in [0.1, 0.15) is 17.0 Å². The third kappa shape index (κ3) is 1.34. The Kier molecular flexibility index (Phi) is 2.12. The van der Waals surface area contributed by atoms with Crippen LogP contribution in [-0.2, 0) is 6.61 Å². The van der Waals surface area contributed by atoms with E-state index in [0.29, 0.717) is 5.82 Å². The summed E-state index contributed by atoms with van der Waals surface area (Å²) in [6, 6.07) is 8.17. The predicted molar refractivity (Wildman–Crippen MR) is 65.9 cm³/mol. The summed E-state index contributed by atoms with van der Waals surface area (Å²) in [6.45, 7) is 4.02. The van der Waals surface area contributed by atoms with E-state index in [1.807, 2.05) is 16.5 Å². The quantitative estimate of drug-likeness (QED) is 0.691. The van der Waals surface area contributed by atoms with Crippen molar-refractivity contribution in [3.63, 3.8) is 0 Å². The fourth-order valence-electron chi connectivity index (χ4n) is 2.32. The van der Waals surface area contributed by atoms with Crippen LogP contribution in [0, 0.1) is 13.8 Å². The third-order valence-corrected chi connectivity index (χ3v) is 3.13. The molecule has 0 amide bonds. The second kappa shape index (κ2) is 3.53. The lowest BCUT2D eigenvalue weighted by Gasteiger charge is -2.09. The van der Waals surface area contributed by atoms with Crippen LogP contribution in [0.15, 0.2) is 24.3 Å². The molecule has 17 heavy (non-hydrogen) atoms. The first kappa shape index (κ1) is 10.2. The minimum absolute atomic E-state index is 0.104. The number of hydrogen-bond donors (Lipinski definition) is 1. The summed E-state index contributed by atoms with van der Waals surface area (Å²) in [4.78, 5) is 0. The molecule has 0 aliphatic carbocycles. The summed E-state index contributed by atoms with van der Waals surface area (Å²) < 4.78 is 1.93. The fraction of sp³-hybridized carbons (Fsp3) is 0.231. The van der Waals surface area contributed by atoms with Gasteiger partial charge in [-0.15, -0.1) is 10.2 Å². The molecule has 0 saturated heterocycles. The minimum atomic E-state index is -0.104. The molecule has 0 unspecified atom stereocenters. The van der Waals surface area contributed by atoms with Crippen molar-refractivity contribution in [2.24, 2.45) is 0 Å². The molecular weight excluding hydrogens is 214 g/mol. The first-order chi connectivity index (χ1) is 8.22. The molecule has 86 valence electrons. The van der Waals surface area contributed by atoms with E-state index in [4.69, 9.17) is 0 Å². The van der Waals surface area contributed by atoms with Gasteiger partial charge in [-0.1, -0.05) is 18.2 Å². The average molecular weight is 227 g/mol. The number of rotatable bonds is 1. The van der Waals surface area contributed by atoms with Crippen molar-refractivity contribution in [1.29, 1.82) is 0 Å². The molecule has 1 N–H and O–H groups in total. The summed E-state index contributed by atoms with van der Waals surface area (Å²) in [6.07, 6.45) is 0. The summed E-state index contributed by atoms with van der Waals surface area (Å²) in [5, 5.41) is 18.6. The molecular formula is C13H13N3O. The van der Waals surface area contributed by atoms with Gasteiger partial charge in [0.15, 0.2) is 11.5 Å². The van der Waals surface area contributed by atoms with Crippen molar-refractivity contribution in [2.75, 3.05) is 0 Å². The van der Waals surface area contributed by atoms with Gasteiger partial charge >= 0.3 is 0 Å². The molecule has 0 bridgehead atoms. The molecule has 1 aromatic carbocycles. The van der Waals surface area contributed by atoms with E-state index < -0.39 is 0 Å². The Morgan fingerprint density at radius 2 is 2.00 bits per heavy atom. The van der Waals surface area contributed by atoms with E-state index in [9.17, 15) is 5.11 Å². The molecule has 2 aromatic heterocycles. The fourth-order valence-corrected chi connectivity index (χ4v) is 2.32. The van der Waals surface area contributed by atoms with Gasteiger partial charge in [0.05, 0.1) is 5.52 Å². The summed E-state index contributed by atoms with van der Waals surface area (Å²) in [5.74, 6) is 0.583. The Hall–Kier alpha value is -1.94. The SMILES string of the molecule is Cc1cc2nnc(CO)n2c2c(C)cccc12. The Morgan fingerprint density at radius 3 is 2.76 bits per heavy atom. The zero-order valence-corrected chi connectivity index (χ0v) is 9.81. The van der Waals surface area contributed by atoms with Crippen molar-refractivity contribution in [1.82, 2.24) is 14.6 Å². The van der Waals surface area contributed by atoms with Gasteiger partial charge in [-0.2, -0.15) is 0 Å². The number of para-hydroxylation sites is 1. The van der Waals surface area contributed by atoms with E-state index in [0.717, 1.165) is 16.7 Å². The number of benzene rings is 1. The Morgan fingerprint density at radius 1 is 1.18 bits per heavy atom. The standard InChI is InChI=1S/C13H13N3O/c1-8-4-3-5-10-9(2)6-11-14-15-12(7-17)16(11)13(8)10/h3-6,17H,7H2,1-2H3. The van der Waals surface area contributed by atoms with E-state index in [2.05, 4.69) is 36.2 Å². The largest absolute Gasteiger partial charge is 0.388 e. The molecule has 0 spiro atoms. The molecule has 4 nitrogen and oxygen atoms in total. The smallest absolute Gasteiger partial charge is 0.163 e. The molecule has 0 radical (unpaired) electrons. The highest BCUT2D eigenvalue weighted by Crippen LogP contribution is 2.24. The molecule has 0 atom stereocenters. The van der Waals surface area contributed by atoms with Gasteiger partial charge in [-0.05, 0) is 31.0 Å². The molecule has 3 aromatic rings. The number of fused-ring (bicyclic) bond motifs is 3. The lowest BCUT2D eigenvalue weighted by atomic mass is 10.1. The van der Waals surface area contributed by atoms with E-state index >= 15 is 0 Å². The van der Waals surface area contributed by atoms with Crippen molar-refractivity contribution < 1.29 is 5.11 Å². The zero-order valence-electron chi connectivity index (χ0n) is 9.81. The normalized spacial score (nSPS) is 11.5. The number of aryl methyl sites for hydroxylation is 2. The second-order valence-electron chi connectivity index (χ2n) is 4.27. The van der Waals surface area contributed by atoms with Gasteiger partial charge in [-0.25, -0.2) is 0 Å². The molecule has 0 fully saturated rings. The van der Waals surface area contributed by atoms with Crippen LogP contribution in [0.3, 0.4) is 0 Å². The lowest BCUT2D eigenvalue weighted by Crippen LogP contribution is -1.98. The van der Waals surface area contributed by atoms with Crippen LogP contribution in [-0.4, -0.2) is 19.7 Å². The highest BCUT2D eigenvalue weighted by Gasteiger charge is 2.11. The average Bonchev–Trinajstić information content (AvgIpc) is 2.72. The molecule has 0 saturated carbocycles. The van der Waals surface area contributed by atoms with Crippen LogP contribution in [0.25, 0.3) is 16.6 Å². The van der Waals surface area contributed by atoms with Gasteiger partial charge in [0.25, 0.3) is 0 Å². The first-order valence-electron chi connectivity index (χ1n) is 5.56. The monoisotopic (exact) mass is 227 g/mol. The highest BCUT2D eigenvalue weighted by atomic mass is 16.3. The first-order valence-corrected chi connectivity index (χ1v) is 5.56. The van der Waals surface area contributed by atoms with Crippen LogP contribution in [0.2, 0.25) is 0 Å². The van der Waals surface area contributed by atoms with Crippen LogP contribution in [0.5, 0.6) is 0 Å². The number of aliphatic hydroxyl groups is 1. The number of aromatic nitrogens is 3. The summed E-state index contributed by atoms with van der Waals surface area (Å²) in [5.41, 5.74) is 4.20. The molecule has 0 aliphatic heterocycles. The molecule has 2 heterocycles. The third-order valence-electron chi connectivity index (χ3n) is 3.13. The lowest BCUT2D eigenvalue weighted by molar-refractivity contribution is 0.270. The van der Waals surface area contributed by atoms with Gasteiger partial charge < -0.3 is 5.11 Å². The summed E-state index contributed by atoms with van der Waals surface area (Å²) in [7, 11) is 0. The topological polar surface area (TPSA) is 50.4 Å². The molecule has 4 heteroatoms. The van der Waals surface area contributed by atoms with Gasteiger partial charge in [-0.3, -0.25) is 4.40 Å². The van der Waals surface area contributed by atoms with Crippen LogP contribution < -0.4 is 0 Å². The van der Waals surface area contributed by atoms with Gasteiger partial charge in [0, 0.05) is 5.39 Å². The minimum Gasteiger partial charge on any atom is -0.388 e. The number of pyridine rings is 1. The Labute approximate surface area is 98.5 Å². The zero-order chi connectivity index (χ0) is 12.0. The molecule has 0 aliphatic rings. The van der Waals surface area contributed by atoms with Crippen molar-refractivity contribution in [2.45, 2.75) is 20.5 Å². The number of hydrogen-bond acceptors (Lipinski definition) is 3. The predicted octanol–water partition coefficient (Wildman–Crippen LogP) is 1.99. The van der Waals surface area contributed by atoms with Crippen molar-refractivity contribution in [3.8, 4) is 0 Å². The van der Waals surface area contributed by atoms with Crippen molar-refractivity contribution in [3.05, 3.63) is 41.2 Å². The number of aliphatic hydroxyl groups excluding tert-OH is 1. The molecule has 3 rings (SSSR count). The van der Waals surface area contributed by atoms with E-state index in [1.54, 1.807) is 0 Å². The Bertz CT molecular complexity index is 715.